The average Bonchev–Trinajstić information content (AvgIpc) is 4.01. The third-order valence-electron chi connectivity index (χ3n) is 10.3. The van der Waals surface area contributed by atoms with Crippen LogP contribution in [0.4, 0.5) is 4.79 Å². The summed E-state index contributed by atoms with van der Waals surface area (Å²) < 4.78 is 45.0. The molecule has 1 aromatic carbocycles. The molecule has 2 aromatic rings. The van der Waals surface area contributed by atoms with E-state index in [-0.39, 0.29) is 37.1 Å². The molecule has 2 aliphatic heterocycles. The van der Waals surface area contributed by atoms with E-state index in [9.17, 15) is 27.6 Å². The van der Waals surface area contributed by atoms with Crippen molar-refractivity contribution < 1.29 is 41.8 Å². The van der Waals surface area contributed by atoms with E-state index in [2.05, 4.69) is 25.3 Å². The number of carbonyl (C=O) groups is 4. The molecule has 288 valence electrons. The molecule has 4 aliphatic rings. The van der Waals surface area contributed by atoms with E-state index in [1.54, 1.807) is 46.1 Å². The van der Waals surface area contributed by atoms with Gasteiger partial charge in [0.2, 0.25) is 27.7 Å². The molecule has 2 saturated carbocycles. The van der Waals surface area contributed by atoms with Crippen molar-refractivity contribution in [3.8, 4) is 11.6 Å². The number of nitrogens with one attached hydrogen (secondary N) is 3. The standard InChI is InChI=1S/C37H50N6O9S/c1-21-8-7-9-22(2)31(40-35(47)52-36(3,4)5)33(45)43-20-25(51-30-19-38-28-16-24(50-6)12-15-27(28)39-30)17-29(43)32(44)41-37(18-23(37)11-10-21)34(46)42-53(48,49)26-13-14-26/h10-12,15-16,19,21-23,25-26,29,31H,7-9,13-14,17-18,20H2,1-6H3,(H,40,47)(H,41,44)(H,42,46)/b11-10-/t21-,22+,23+,25+,29-,31-,37+/m0/s1. The van der Waals surface area contributed by atoms with Crippen LogP contribution < -0.4 is 24.8 Å². The lowest BCUT2D eigenvalue weighted by Gasteiger charge is -2.32. The first-order valence-electron chi connectivity index (χ1n) is 18.3. The van der Waals surface area contributed by atoms with Gasteiger partial charge < -0.3 is 29.7 Å². The van der Waals surface area contributed by atoms with E-state index in [4.69, 9.17) is 14.2 Å². The van der Waals surface area contributed by atoms with Crippen LogP contribution in [0.3, 0.4) is 0 Å². The van der Waals surface area contributed by atoms with Gasteiger partial charge in [0.15, 0.2) is 0 Å². The Morgan fingerprint density at radius 2 is 1.81 bits per heavy atom. The molecule has 15 nitrogen and oxygen atoms in total. The zero-order chi connectivity index (χ0) is 38.3. The normalized spacial score (nSPS) is 30.1. The maximum Gasteiger partial charge on any atom is 0.408 e. The fourth-order valence-corrected chi connectivity index (χ4v) is 8.44. The highest BCUT2D eigenvalue weighted by atomic mass is 32.2. The van der Waals surface area contributed by atoms with Gasteiger partial charge in [0.05, 0.1) is 36.1 Å². The lowest BCUT2D eigenvalue weighted by atomic mass is 9.92. The summed E-state index contributed by atoms with van der Waals surface area (Å²) in [6.07, 6.45) is 7.11. The highest BCUT2D eigenvalue weighted by Gasteiger charge is 2.62. The number of hydrogen-bond donors (Lipinski definition) is 3. The summed E-state index contributed by atoms with van der Waals surface area (Å²) in [5, 5.41) is 5.02. The molecule has 4 amide bonds. The number of rotatable bonds is 7. The Hall–Kier alpha value is -4.47. The van der Waals surface area contributed by atoms with Crippen molar-refractivity contribution in [2.24, 2.45) is 17.8 Å². The SMILES string of the molecule is COc1ccc2nc(O[C@@H]3C[C@H]4C(=O)N[C@]5(C(=O)NS(=O)(=O)C6CC6)C[C@H]5/C=C\[C@@H](C)CCC[C@@H](C)[C@H](NC(=O)OC(C)(C)C)C(=O)N4C3)cnc2c1. The van der Waals surface area contributed by atoms with Crippen LogP contribution in [0.15, 0.2) is 36.5 Å². The fraction of sp³-hybridized carbons (Fsp3) is 0.622. The number of hydrogen-bond acceptors (Lipinski definition) is 11. The Morgan fingerprint density at radius 1 is 1.06 bits per heavy atom. The lowest BCUT2D eigenvalue weighted by molar-refractivity contribution is -0.142. The third kappa shape index (κ3) is 8.85. The molecule has 6 rings (SSSR count). The maximum atomic E-state index is 14.6. The van der Waals surface area contributed by atoms with E-state index in [1.807, 2.05) is 26.0 Å². The van der Waals surface area contributed by atoms with Gasteiger partial charge in [-0.25, -0.2) is 23.2 Å². The molecular formula is C37H50N6O9S. The van der Waals surface area contributed by atoms with E-state index < -0.39 is 74.3 Å². The number of carbonyl (C=O) groups excluding carboxylic acids is 4. The van der Waals surface area contributed by atoms with Crippen LogP contribution in [-0.4, -0.2) is 95.3 Å². The summed E-state index contributed by atoms with van der Waals surface area (Å²) in [4.78, 5) is 66.2. The van der Waals surface area contributed by atoms with Gasteiger partial charge in [-0.2, -0.15) is 0 Å². The summed E-state index contributed by atoms with van der Waals surface area (Å²) in [6, 6.07) is 3.06. The molecule has 1 aromatic heterocycles. The largest absolute Gasteiger partial charge is 0.497 e. The highest BCUT2D eigenvalue weighted by molar-refractivity contribution is 7.91. The number of nitrogens with zero attached hydrogens (tertiary/aromatic N) is 3. The van der Waals surface area contributed by atoms with E-state index in [0.717, 1.165) is 12.8 Å². The number of allylic oxidation sites excluding steroid dienone is 1. The number of aromatic nitrogens is 2. The van der Waals surface area contributed by atoms with Crippen molar-refractivity contribution in [2.45, 2.75) is 114 Å². The summed E-state index contributed by atoms with van der Waals surface area (Å²) >= 11 is 0. The van der Waals surface area contributed by atoms with Gasteiger partial charge >= 0.3 is 6.09 Å². The van der Waals surface area contributed by atoms with Crippen LogP contribution in [0.5, 0.6) is 11.6 Å². The molecule has 3 N–H and O–H groups in total. The molecule has 0 unspecified atom stereocenters. The third-order valence-corrected chi connectivity index (χ3v) is 12.1. The van der Waals surface area contributed by atoms with Gasteiger partial charge in [0, 0.05) is 18.4 Å². The molecule has 3 heterocycles. The molecule has 2 aliphatic carbocycles. The van der Waals surface area contributed by atoms with Gasteiger partial charge in [0.1, 0.15) is 35.1 Å². The Balaban J connectivity index is 1.32. The first kappa shape index (κ1) is 38.3. The summed E-state index contributed by atoms with van der Waals surface area (Å²) in [7, 11) is -2.34. The summed E-state index contributed by atoms with van der Waals surface area (Å²) in [6.45, 7) is 9.07. The molecule has 3 fully saturated rings. The van der Waals surface area contributed by atoms with Gasteiger partial charge in [-0.3, -0.25) is 19.1 Å². The molecule has 53 heavy (non-hydrogen) atoms. The zero-order valence-corrected chi connectivity index (χ0v) is 31.9. The van der Waals surface area contributed by atoms with Gasteiger partial charge in [0.25, 0.3) is 5.91 Å². The molecule has 16 heteroatoms. The minimum absolute atomic E-state index is 0.0308. The molecule has 1 saturated heterocycles. The van der Waals surface area contributed by atoms with Crippen molar-refractivity contribution in [3.63, 3.8) is 0 Å². The number of fused-ring (bicyclic) bond motifs is 3. The smallest absolute Gasteiger partial charge is 0.408 e. The Labute approximate surface area is 310 Å². The summed E-state index contributed by atoms with van der Waals surface area (Å²) in [5.41, 5.74) is -1.20. The Bertz CT molecular complexity index is 1890. The molecule has 7 atom stereocenters. The second-order valence-corrected chi connectivity index (χ2v) is 17.8. The van der Waals surface area contributed by atoms with Gasteiger partial charge in [-0.05, 0) is 76.8 Å². The van der Waals surface area contributed by atoms with E-state index in [0.29, 0.717) is 36.0 Å². The number of benzene rings is 1. The number of ether oxygens (including phenoxy) is 3. The van der Waals surface area contributed by atoms with Crippen LogP contribution in [0, 0.1) is 17.8 Å². The van der Waals surface area contributed by atoms with Crippen molar-refractivity contribution in [3.05, 3.63) is 36.5 Å². The van der Waals surface area contributed by atoms with Crippen molar-refractivity contribution in [1.29, 1.82) is 0 Å². The predicted octanol–water partition coefficient (Wildman–Crippen LogP) is 3.38. The van der Waals surface area contributed by atoms with Crippen molar-refractivity contribution >= 4 is 44.9 Å². The minimum atomic E-state index is -3.90. The van der Waals surface area contributed by atoms with Crippen LogP contribution in [0.1, 0.15) is 79.6 Å². The van der Waals surface area contributed by atoms with Crippen molar-refractivity contribution in [2.75, 3.05) is 13.7 Å². The number of alkyl carbamates (subject to hydrolysis) is 1. The number of sulfonamides is 1. The lowest BCUT2D eigenvalue weighted by Crippen LogP contribution is -2.59. The summed E-state index contributed by atoms with van der Waals surface area (Å²) in [5.74, 6) is -1.81. The second kappa shape index (κ2) is 14.7. The van der Waals surface area contributed by atoms with Gasteiger partial charge in [-0.1, -0.05) is 32.4 Å². The topological polar surface area (TPSA) is 195 Å². The second-order valence-electron chi connectivity index (χ2n) is 15.9. The Kier molecular flexibility index (Phi) is 10.6. The first-order chi connectivity index (χ1) is 25.0. The van der Waals surface area contributed by atoms with E-state index in [1.165, 1.54) is 11.1 Å². The predicted molar refractivity (Wildman–Crippen MR) is 194 cm³/mol. The zero-order valence-electron chi connectivity index (χ0n) is 31.1. The first-order valence-corrected chi connectivity index (χ1v) is 19.9. The molecule has 0 bridgehead atoms. The van der Waals surface area contributed by atoms with Crippen LogP contribution in [0.2, 0.25) is 0 Å². The Morgan fingerprint density at radius 3 is 2.51 bits per heavy atom. The monoisotopic (exact) mass is 754 g/mol. The van der Waals surface area contributed by atoms with Crippen molar-refractivity contribution in [1.82, 2.24) is 30.2 Å². The van der Waals surface area contributed by atoms with Crippen LogP contribution in [-0.2, 0) is 29.1 Å². The van der Waals surface area contributed by atoms with Crippen LogP contribution in [0.25, 0.3) is 11.0 Å². The van der Waals surface area contributed by atoms with Crippen LogP contribution >= 0.6 is 0 Å². The fourth-order valence-electron chi connectivity index (χ4n) is 7.08. The molecule has 0 radical (unpaired) electrons. The molecule has 0 spiro atoms. The molecular weight excluding hydrogens is 705 g/mol. The van der Waals surface area contributed by atoms with Gasteiger partial charge in [-0.15, -0.1) is 0 Å². The maximum absolute atomic E-state index is 14.6. The quantitative estimate of drug-likeness (QED) is 0.351. The average molecular weight is 755 g/mol. The highest BCUT2D eigenvalue weighted by Crippen LogP contribution is 2.46. The number of amides is 4. The number of methoxy groups -OCH3 is 1. The minimum Gasteiger partial charge on any atom is -0.497 e. The van der Waals surface area contributed by atoms with E-state index >= 15 is 0 Å².